The van der Waals surface area contributed by atoms with Crippen LogP contribution in [-0.4, -0.2) is 63.7 Å². The topological polar surface area (TPSA) is 157 Å². The highest BCUT2D eigenvalue weighted by Crippen LogP contribution is 2.31. The third-order valence-electron chi connectivity index (χ3n) is 3.87. The molecular formula is C10H21BN6O4S. The number of aromatic amines is 1. The minimum absolute atomic E-state index is 0.0468. The molecule has 0 spiro atoms. The monoisotopic (exact) mass is 332 g/mol. The van der Waals surface area contributed by atoms with E-state index in [2.05, 4.69) is 19.9 Å². The summed E-state index contributed by atoms with van der Waals surface area (Å²) in [5.74, 6) is -0.0110. The number of anilines is 1. The minimum atomic E-state index is -3.76. The van der Waals surface area contributed by atoms with E-state index in [1.54, 1.807) is 6.92 Å². The predicted octanol–water partition coefficient (Wildman–Crippen LogP) is -1.64. The van der Waals surface area contributed by atoms with E-state index in [1.165, 1.54) is 10.6 Å². The molecule has 0 radical (unpaired) electrons. The standard InChI is InChI=1S/C10H21BN6O4S/c1-10(12)6-17(5-8(10)3-2-4-11(18)19)22(20,21)16-9-13-7-14-15-9/h7-8,18-19H,2-6,12H2,1H3,(H2,13,14,15,16)/t8-,10-/m0/s1. The quantitative estimate of drug-likeness (QED) is 0.375. The fourth-order valence-electron chi connectivity index (χ4n) is 2.62. The summed E-state index contributed by atoms with van der Waals surface area (Å²) < 4.78 is 28.2. The van der Waals surface area contributed by atoms with Gasteiger partial charge in [-0.2, -0.15) is 22.8 Å². The Kier molecular flexibility index (Phi) is 5.07. The number of nitrogens with one attached hydrogen (secondary N) is 2. The second-order valence-electron chi connectivity index (χ2n) is 5.85. The van der Waals surface area contributed by atoms with E-state index in [1.807, 2.05) is 0 Å². The Balaban J connectivity index is 1.98. The van der Waals surface area contributed by atoms with Crippen LogP contribution in [0.1, 0.15) is 19.8 Å². The number of nitrogens with zero attached hydrogens (tertiary/aromatic N) is 3. The van der Waals surface area contributed by atoms with E-state index in [9.17, 15) is 8.42 Å². The fraction of sp³-hybridized carbons (Fsp3) is 0.800. The highest BCUT2D eigenvalue weighted by atomic mass is 32.2. The maximum Gasteiger partial charge on any atom is 0.451 e. The lowest BCUT2D eigenvalue weighted by Crippen LogP contribution is -2.45. The average molecular weight is 332 g/mol. The number of rotatable bonds is 7. The minimum Gasteiger partial charge on any atom is -0.427 e. The molecule has 0 saturated carbocycles. The van der Waals surface area contributed by atoms with Crippen LogP contribution in [0.3, 0.4) is 0 Å². The molecule has 0 amide bonds. The van der Waals surface area contributed by atoms with Gasteiger partial charge < -0.3 is 15.8 Å². The lowest BCUT2D eigenvalue weighted by Gasteiger charge is -2.25. The van der Waals surface area contributed by atoms with Crippen molar-refractivity contribution in [1.82, 2.24) is 19.5 Å². The lowest BCUT2D eigenvalue weighted by molar-refractivity contribution is 0.343. The van der Waals surface area contributed by atoms with Gasteiger partial charge in [-0.1, -0.05) is 6.42 Å². The van der Waals surface area contributed by atoms with Gasteiger partial charge in [0.1, 0.15) is 6.33 Å². The third kappa shape index (κ3) is 4.17. The van der Waals surface area contributed by atoms with E-state index in [4.69, 9.17) is 15.8 Å². The van der Waals surface area contributed by atoms with E-state index in [0.717, 1.165) is 0 Å². The number of nitrogens with two attached hydrogens (primary N) is 1. The zero-order valence-electron chi connectivity index (χ0n) is 12.3. The Morgan fingerprint density at radius 3 is 2.95 bits per heavy atom. The molecule has 0 bridgehead atoms. The van der Waals surface area contributed by atoms with Crippen LogP contribution >= 0.6 is 0 Å². The molecule has 1 aromatic heterocycles. The Bertz CT molecular complexity index is 578. The summed E-state index contributed by atoms with van der Waals surface area (Å²) in [4.78, 5) is 3.73. The van der Waals surface area contributed by atoms with Crippen molar-refractivity contribution in [2.24, 2.45) is 11.7 Å². The molecule has 6 N–H and O–H groups in total. The van der Waals surface area contributed by atoms with Gasteiger partial charge in [-0.05, 0) is 25.6 Å². The summed E-state index contributed by atoms with van der Waals surface area (Å²) in [7, 11) is -5.11. The molecule has 1 aliphatic heterocycles. The Morgan fingerprint density at radius 1 is 1.64 bits per heavy atom. The molecule has 10 nitrogen and oxygen atoms in total. The number of hydrogen-bond donors (Lipinski definition) is 5. The van der Waals surface area contributed by atoms with Crippen LogP contribution in [0.4, 0.5) is 5.95 Å². The van der Waals surface area contributed by atoms with Crippen LogP contribution in [0.15, 0.2) is 6.33 Å². The van der Waals surface area contributed by atoms with Crippen molar-refractivity contribution < 1.29 is 18.5 Å². The summed E-state index contributed by atoms with van der Waals surface area (Å²) in [5.41, 5.74) is 5.53. The van der Waals surface area contributed by atoms with Gasteiger partial charge in [0, 0.05) is 18.6 Å². The normalized spacial score (nSPS) is 26.3. The summed E-state index contributed by atoms with van der Waals surface area (Å²) in [6.45, 7) is 2.26. The second kappa shape index (κ2) is 6.50. The number of aromatic nitrogens is 3. The first-order chi connectivity index (χ1) is 10.2. The van der Waals surface area contributed by atoms with Crippen molar-refractivity contribution >= 4 is 23.3 Å². The van der Waals surface area contributed by atoms with Gasteiger partial charge in [0.2, 0.25) is 5.95 Å². The lowest BCUT2D eigenvalue weighted by atomic mass is 9.79. The SMILES string of the molecule is C[C@]1(N)CN(S(=O)(=O)Nc2ncn[nH]2)C[C@@H]1CCCB(O)O. The average Bonchev–Trinajstić information content (AvgIpc) is 2.97. The van der Waals surface area contributed by atoms with Crippen molar-refractivity contribution in [2.45, 2.75) is 31.6 Å². The molecule has 22 heavy (non-hydrogen) atoms. The van der Waals surface area contributed by atoms with Crippen LogP contribution < -0.4 is 10.5 Å². The maximum atomic E-state index is 12.3. The zero-order valence-corrected chi connectivity index (χ0v) is 13.1. The first-order valence-corrected chi connectivity index (χ1v) is 8.43. The summed E-state index contributed by atoms with van der Waals surface area (Å²) >= 11 is 0. The maximum absolute atomic E-state index is 12.3. The molecule has 0 unspecified atom stereocenters. The number of H-pyrrole nitrogens is 1. The van der Waals surface area contributed by atoms with Gasteiger partial charge in [0.15, 0.2) is 0 Å². The molecule has 2 atom stereocenters. The van der Waals surface area contributed by atoms with Crippen molar-refractivity contribution in [3.05, 3.63) is 6.33 Å². The Morgan fingerprint density at radius 2 is 2.36 bits per heavy atom. The molecule has 124 valence electrons. The number of hydrogen-bond acceptors (Lipinski definition) is 7. The highest BCUT2D eigenvalue weighted by Gasteiger charge is 2.44. The van der Waals surface area contributed by atoms with Crippen LogP contribution in [0.25, 0.3) is 0 Å². The molecule has 1 saturated heterocycles. The van der Waals surface area contributed by atoms with Gasteiger partial charge in [-0.3, -0.25) is 0 Å². The summed E-state index contributed by atoms with van der Waals surface area (Å²) in [5, 5.41) is 23.8. The summed E-state index contributed by atoms with van der Waals surface area (Å²) in [6, 6.07) is 0. The predicted molar refractivity (Wildman–Crippen MR) is 80.8 cm³/mol. The van der Waals surface area contributed by atoms with E-state index >= 15 is 0 Å². The van der Waals surface area contributed by atoms with Crippen LogP contribution in [0.5, 0.6) is 0 Å². The smallest absolute Gasteiger partial charge is 0.427 e. The largest absolute Gasteiger partial charge is 0.451 e. The zero-order chi connectivity index (χ0) is 16.4. The van der Waals surface area contributed by atoms with Crippen molar-refractivity contribution in [1.29, 1.82) is 0 Å². The molecule has 1 fully saturated rings. The van der Waals surface area contributed by atoms with Crippen molar-refractivity contribution in [2.75, 3.05) is 17.8 Å². The van der Waals surface area contributed by atoms with Crippen LogP contribution in [0.2, 0.25) is 6.32 Å². The van der Waals surface area contributed by atoms with E-state index in [0.29, 0.717) is 12.8 Å². The van der Waals surface area contributed by atoms with Gasteiger partial charge in [0.25, 0.3) is 0 Å². The molecule has 1 aliphatic rings. The van der Waals surface area contributed by atoms with Gasteiger partial charge >= 0.3 is 17.3 Å². The fourth-order valence-corrected chi connectivity index (χ4v) is 3.92. The summed E-state index contributed by atoms with van der Waals surface area (Å²) in [6.07, 6.45) is 2.64. The van der Waals surface area contributed by atoms with Crippen molar-refractivity contribution in [3.8, 4) is 0 Å². The molecule has 12 heteroatoms. The molecule has 2 heterocycles. The molecule has 2 rings (SSSR count). The third-order valence-corrected chi connectivity index (χ3v) is 5.28. The molecule has 0 aromatic carbocycles. The Labute approximate surface area is 129 Å². The van der Waals surface area contributed by atoms with Crippen LogP contribution in [-0.2, 0) is 10.2 Å². The van der Waals surface area contributed by atoms with Gasteiger partial charge in [0.05, 0.1) is 0 Å². The van der Waals surface area contributed by atoms with Gasteiger partial charge in [-0.25, -0.2) is 9.82 Å². The second-order valence-corrected chi connectivity index (χ2v) is 7.52. The van der Waals surface area contributed by atoms with Gasteiger partial charge in [-0.15, -0.1) is 0 Å². The first kappa shape index (κ1) is 17.2. The van der Waals surface area contributed by atoms with E-state index < -0.39 is 22.9 Å². The molecular weight excluding hydrogens is 311 g/mol. The Hall–Kier alpha value is -1.21. The molecule has 0 aliphatic carbocycles. The molecule has 1 aromatic rings. The van der Waals surface area contributed by atoms with Crippen LogP contribution in [0, 0.1) is 5.92 Å². The van der Waals surface area contributed by atoms with Crippen molar-refractivity contribution in [3.63, 3.8) is 0 Å². The first-order valence-electron chi connectivity index (χ1n) is 6.99. The van der Waals surface area contributed by atoms with E-state index in [-0.39, 0.29) is 31.3 Å². The highest BCUT2D eigenvalue weighted by molar-refractivity contribution is 7.90.